The Kier molecular flexibility index (Phi) is 1.42. The van der Waals surface area contributed by atoms with Crippen molar-refractivity contribution in [3.63, 3.8) is 0 Å². The van der Waals surface area contributed by atoms with Gasteiger partial charge in [-0.25, -0.2) is 4.98 Å². The van der Waals surface area contributed by atoms with Crippen LogP contribution in [0.4, 0.5) is 0 Å². The summed E-state index contributed by atoms with van der Waals surface area (Å²) in [5, 5.41) is 0. The molecule has 0 aliphatic heterocycles. The fourth-order valence-electron chi connectivity index (χ4n) is 1.05. The molecule has 2 aromatic heterocycles. The van der Waals surface area contributed by atoms with E-state index in [1.165, 1.54) is 0 Å². The maximum absolute atomic E-state index is 4.17. The molecule has 0 N–H and O–H groups in total. The zero-order valence-corrected chi connectivity index (χ0v) is 7.54. The predicted octanol–water partition coefficient (Wildman–Crippen LogP) is 1.73. The normalized spacial score (nSPS) is 10.7. The maximum atomic E-state index is 4.17. The van der Waals surface area contributed by atoms with Crippen LogP contribution in [0, 0.1) is 0 Å². The second-order valence-corrected chi connectivity index (χ2v) is 3.17. The lowest BCUT2D eigenvalue weighted by atomic mass is 10.5. The molecule has 56 valence electrons. The van der Waals surface area contributed by atoms with Gasteiger partial charge in [0.15, 0.2) is 5.65 Å². The molecule has 0 aliphatic carbocycles. The van der Waals surface area contributed by atoms with Crippen LogP contribution in [-0.4, -0.2) is 14.5 Å². The van der Waals surface area contributed by atoms with Gasteiger partial charge in [-0.1, -0.05) is 0 Å². The van der Waals surface area contributed by atoms with Crippen LogP contribution in [0.5, 0.6) is 0 Å². The third kappa shape index (κ3) is 0.939. The number of halogens is 1. The minimum Gasteiger partial charge on any atom is -0.333 e. The first kappa shape index (κ1) is 6.79. The van der Waals surface area contributed by atoms with E-state index in [1.807, 2.05) is 17.8 Å². The monoisotopic (exact) mass is 211 g/mol. The van der Waals surface area contributed by atoms with Crippen molar-refractivity contribution in [3.8, 4) is 0 Å². The number of nitrogens with zero attached hydrogens (tertiary/aromatic N) is 3. The predicted molar refractivity (Wildman–Crippen MR) is 46.2 cm³/mol. The fraction of sp³-hybridized carbons (Fsp3) is 0.143. The highest BCUT2D eigenvalue weighted by molar-refractivity contribution is 9.10. The van der Waals surface area contributed by atoms with E-state index in [1.54, 1.807) is 12.4 Å². The molecule has 0 aromatic carbocycles. The van der Waals surface area contributed by atoms with E-state index >= 15 is 0 Å². The highest BCUT2D eigenvalue weighted by Gasteiger charge is 2.03. The summed E-state index contributed by atoms with van der Waals surface area (Å²) in [6, 6.07) is 0. The zero-order chi connectivity index (χ0) is 7.84. The van der Waals surface area contributed by atoms with E-state index in [-0.39, 0.29) is 0 Å². The summed E-state index contributed by atoms with van der Waals surface area (Å²) in [6.07, 6.45) is 5.33. The van der Waals surface area contributed by atoms with Crippen molar-refractivity contribution in [1.82, 2.24) is 14.5 Å². The Morgan fingerprint density at radius 1 is 1.36 bits per heavy atom. The lowest BCUT2D eigenvalue weighted by Crippen LogP contribution is -1.87. The van der Waals surface area contributed by atoms with Crippen LogP contribution in [0.3, 0.4) is 0 Å². The van der Waals surface area contributed by atoms with Gasteiger partial charge in [0.05, 0.1) is 4.47 Å². The van der Waals surface area contributed by atoms with E-state index in [2.05, 4.69) is 25.9 Å². The van der Waals surface area contributed by atoms with Gasteiger partial charge in [0.1, 0.15) is 5.52 Å². The SMILES string of the molecule is Cn1cc(Br)c2nccnc21. The minimum atomic E-state index is 0.902. The molecule has 0 unspecified atom stereocenters. The van der Waals surface area contributed by atoms with Crippen molar-refractivity contribution < 1.29 is 0 Å². The van der Waals surface area contributed by atoms with Crippen LogP contribution in [0.25, 0.3) is 11.2 Å². The molecular weight excluding hydrogens is 206 g/mol. The summed E-state index contributed by atoms with van der Waals surface area (Å²) in [5.74, 6) is 0. The lowest BCUT2D eigenvalue weighted by molar-refractivity contribution is 0.944. The molecule has 0 radical (unpaired) electrons. The molecule has 0 spiro atoms. The third-order valence-electron chi connectivity index (χ3n) is 1.55. The molecule has 2 aromatic rings. The van der Waals surface area contributed by atoms with Crippen molar-refractivity contribution in [1.29, 1.82) is 0 Å². The van der Waals surface area contributed by atoms with Crippen LogP contribution in [0.15, 0.2) is 23.1 Å². The molecule has 0 fully saturated rings. The first-order valence-corrected chi connectivity index (χ1v) is 4.00. The number of fused-ring (bicyclic) bond motifs is 1. The van der Waals surface area contributed by atoms with Crippen LogP contribution >= 0.6 is 15.9 Å². The maximum Gasteiger partial charge on any atom is 0.159 e. The first-order chi connectivity index (χ1) is 5.29. The Balaban J connectivity index is 2.95. The van der Waals surface area contributed by atoms with E-state index < -0.39 is 0 Å². The molecule has 4 heteroatoms. The van der Waals surface area contributed by atoms with Gasteiger partial charge < -0.3 is 4.57 Å². The van der Waals surface area contributed by atoms with Gasteiger partial charge >= 0.3 is 0 Å². The third-order valence-corrected chi connectivity index (χ3v) is 2.13. The van der Waals surface area contributed by atoms with E-state index in [0.29, 0.717) is 0 Å². The van der Waals surface area contributed by atoms with Gasteiger partial charge in [-0.3, -0.25) is 4.98 Å². The minimum absolute atomic E-state index is 0.902. The Labute approximate surface area is 72.2 Å². The van der Waals surface area contributed by atoms with Crippen molar-refractivity contribution in [2.24, 2.45) is 7.05 Å². The van der Waals surface area contributed by atoms with Crippen LogP contribution in [0.2, 0.25) is 0 Å². The topological polar surface area (TPSA) is 30.7 Å². The van der Waals surface area contributed by atoms with Crippen molar-refractivity contribution in [2.75, 3.05) is 0 Å². The molecule has 11 heavy (non-hydrogen) atoms. The Hall–Kier alpha value is -0.900. The van der Waals surface area contributed by atoms with E-state index in [0.717, 1.165) is 15.6 Å². The van der Waals surface area contributed by atoms with Crippen LogP contribution in [0.1, 0.15) is 0 Å². The van der Waals surface area contributed by atoms with Crippen molar-refractivity contribution in [3.05, 3.63) is 23.1 Å². The summed E-state index contributed by atoms with van der Waals surface area (Å²) in [4.78, 5) is 8.34. The van der Waals surface area contributed by atoms with Crippen LogP contribution < -0.4 is 0 Å². The van der Waals surface area contributed by atoms with Gasteiger partial charge in [-0.2, -0.15) is 0 Å². The van der Waals surface area contributed by atoms with Gasteiger partial charge in [0.2, 0.25) is 0 Å². The molecule has 0 saturated heterocycles. The summed E-state index contributed by atoms with van der Waals surface area (Å²) < 4.78 is 2.93. The summed E-state index contributed by atoms with van der Waals surface area (Å²) in [6.45, 7) is 0. The van der Waals surface area contributed by atoms with Crippen molar-refractivity contribution in [2.45, 2.75) is 0 Å². The fourth-order valence-corrected chi connectivity index (χ4v) is 1.64. The molecule has 0 saturated carbocycles. The average molecular weight is 212 g/mol. The van der Waals surface area contributed by atoms with Gasteiger partial charge in [0.25, 0.3) is 0 Å². The molecular formula is C7H6BrN3. The quantitative estimate of drug-likeness (QED) is 0.665. The average Bonchev–Trinajstić information content (AvgIpc) is 2.30. The van der Waals surface area contributed by atoms with Gasteiger partial charge in [-0.15, -0.1) is 0 Å². The second-order valence-electron chi connectivity index (χ2n) is 2.32. The standard InChI is InChI=1S/C7H6BrN3/c1-11-4-5(8)6-7(11)10-3-2-9-6/h2-4H,1H3. The number of rotatable bonds is 0. The number of aryl methyl sites for hydroxylation is 1. The molecule has 2 heterocycles. The number of aromatic nitrogens is 3. The molecule has 0 amide bonds. The Morgan fingerprint density at radius 2 is 2.09 bits per heavy atom. The van der Waals surface area contributed by atoms with Gasteiger partial charge in [-0.05, 0) is 15.9 Å². The van der Waals surface area contributed by atoms with Crippen molar-refractivity contribution >= 4 is 27.1 Å². The number of hydrogen-bond donors (Lipinski definition) is 0. The Morgan fingerprint density at radius 3 is 2.82 bits per heavy atom. The zero-order valence-electron chi connectivity index (χ0n) is 5.95. The molecule has 3 nitrogen and oxygen atoms in total. The molecule has 0 bridgehead atoms. The van der Waals surface area contributed by atoms with Crippen LogP contribution in [-0.2, 0) is 7.05 Å². The molecule has 0 aliphatic rings. The highest BCUT2D eigenvalue weighted by Crippen LogP contribution is 2.20. The second kappa shape index (κ2) is 2.30. The largest absolute Gasteiger partial charge is 0.333 e. The molecule has 0 atom stereocenters. The van der Waals surface area contributed by atoms with E-state index in [9.17, 15) is 0 Å². The summed E-state index contributed by atoms with van der Waals surface area (Å²) >= 11 is 3.39. The first-order valence-electron chi connectivity index (χ1n) is 3.20. The number of hydrogen-bond acceptors (Lipinski definition) is 2. The summed E-state index contributed by atoms with van der Waals surface area (Å²) in [7, 11) is 1.95. The van der Waals surface area contributed by atoms with E-state index in [4.69, 9.17) is 0 Å². The molecule has 2 rings (SSSR count). The smallest absolute Gasteiger partial charge is 0.159 e. The highest BCUT2D eigenvalue weighted by atomic mass is 79.9. The Bertz CT molecular complexity index is 357. The van der Waals surface area contributed by atoms with Gasteiger partial charge in [0, 0.05) is 25.6 Å². The lowest BCUT2D eigenvalue weighted by Gasteiger charge is -1.90. The summed E-state index contributed by atoms with van der Waals surface area (Å²) in [5.41, 5.74) is 1.81.